The summed E-state index contributed by atoms with van der Waals surface area (Å²) in [6.45, 7) is 3.01. The standard InChI is InChI=1S/C20H29F4N3O/c1-25(2)10-11-27(19(28)12-20(22,23)24)14-16-6-5-9-26(13-16)15-17-7-3-4-8-18(17)21/h3-4,7-8,16H,5-6,9-15H2,1-2H3/t16-/m1/s1. The van der Waals surface area contributed by atoms with Gasteiger partial charge in [0.2, 0.25) is 5.91 Å². The highest BCUT2D eigenvalue weighted by Gasteiger charge is 2.34. The summed E-state index contributed by atoms with van der Waals surface area (Å²) in [6.07, 6.45) is -4.19. The number of carbonyl (C=O) groups excluding carboxylic acids is 1. The van der Waals surface area contributed by atoms with Gasteiger partial charge >= 0.3 is 6.18 Å². The van der Waals surface area contributed by atoms with Gasteiger partial charge in [0.25, 0.3) is 0 Å². The Morgan fingerprint density at radius 1 is 1.21 bits per heavy atom. The number of likely N-dealkylation sites (N-methyl/N-ethyl adjacent to an activating group) is 1. The lowest BCUT2D eigenvalue weighted by molar-refractivity contribution is -0.162. The van der Waals surface area contributed by atoms with Gasteiger partial charge in [-0.15, -0.1) is 0 Å². The number of rotatable bonds is 8. The van der Waals surface area contributed by atoms with Crippen LogP contribution in [0.2, 0.25) is 0 Å². The van der Waals surface area contributed by atoms with E-state index in [1.54, 1.807) is 18.2 Å². The third kappa shape index (κ3) is 7.75. The molecule has 1 aromatic carbocycles. The number of hydrogen-bond acceptors (Lipinski definition) is 3. The Bertz CT molecular complexity index is 636. The molecule has 0 spiro atoms. The van der Waals surface area contributed by atoms with Crippen LogP contribution < -0.4 is 0 Å². The molecular formula is C20H29F4N3O. The first-order valence-electron chi connectivity index (χ1n) is 9.59. The Labute approximate surface area is 164 Å². The molecular weight excluding hydrogens is 374 g/mol. The summed E-state index contributed by atoms with van der Waals surface area (Å²) in [5.41, 5.74) is 0.612. The van der Waals surface area contributed by atoms with Gasteiger partial charge in [-0.3, -0.25) is 9.69 Å². The average Bonchev–Trinajstić information content (AvgIpc) is 2.59. The van der Waals surface area contributed by atoms with Crippen LogP contribution in [-0.4, -0.2) is 73.6 Å². The third-order valence-electron chi connectivity index (χ3n) is 4.95. The van der Waals surface area contributed by atoms with Crippen molar-refractivity contribution in [1.82, 2.24) is 14.7 Å². The first-order valence-corrected chi connectivity index (χ1v) is 9.59. The van der Waals surface area contributed by atoms with Crippen LogP contribution in [0.4, 0.5) is 17.6 Å². The fourth-order valence-corrected chi connectivity index (χ4v) is 3.54. The Kier molecular flexibility index (Phi) is 8.24. The van der Waals surface area contributed by atoms with Crippen molar-refractivity contribution in [1.29, 1.82) is 0 Å². The maximum Gasteiger partial charge on any atom is 0.397 e. The normalized spacial score (nSPS) is 18.5. The Morgan fingerprint density at radius 3 is 2.57 bits per heavy atom. The first kappa shape index (κ1) is 22.6. The Morgan fingerprint density at radius 2 is 1.93 bits per heavy atom. The molecule has 0 aromatic heterocycles. The van der Waals surface area contributed by atoms with Crippen LogP contribution in [0, 0.1) is 11.7 Å². The van der Waals surface area contributed by atoms with Crippen LogP contribution >= 0.6 is 0 Å². The number of alkyl halides is 3. The Hall–Kier alpha value is -1.67. The monoisotopic (exact) mass is 403 g/mol. The van der Waals surface area contributed by atoms with Gasteiger partial charge in [0.15, 0.2) is 0 Å². The lowest BCUT2D eigenvalue weighted by Gasteiger charge is -2.36. The van der Waals surface area contributed by atoms with Crippen molar-refractivity contribution in [3.05, 3.63) is 35.6 Å². The van der Waals surface area contributed by atoms with Crippen LogP contribution in [0.1, 0.15) is 24.8 Å². The molecule has 0 unspecified atom stereocenters. The highest BCUT2D eigenvalue weighted by Crippen LogP contribution is 2.24. The number of likely N-dealkylation sites (tertiary alicyclic amines) is 1. The molecule has 0 N–H and O–H groups in total. The van der Waals surface area contributed by atoms with E-state index in [4.69, 9.17) is 0 Å². The number of carbonyl (C=O) groups is 1. The third-order valence-corrected chi connectivity index (χ3v) is 4.95. The maximum atomic E-state index is 13.9. The van der Waals surface area contributed by atoms with Crippen molar-refractivity contribution in [3.8, 4) is 0 Å². The SMILES string of the molecule is CN(C)CCN(C[C@@H]1CCCN(Cc2ccccc2F)C1)C(=O)CC(F)(F)F. The molecule has 0 saturated carbocycles. The van der Waals surface area contributed by atoms with Gasteiger partial charge in [0.1, 0.15) is 12.2 Å². The second-order valence-corrected chi connectivity index (χ2v) is 7.77. The zero-order valence-electron chi connectivity index (χ0n) is 16.5. The second-order valence-electron chi connectivity index (χ2n) is 7.77. The van der Waals surface area contributed by atoms with Gasteiger partial charge in [-0.25, -0.2) is 4.39 Å². The molecule has 1 atom stereocenters. The van der Waals surface area contributed by atoms with Gasteiger partial charge in [-0.05, 0) is 45.5 Å². The number of benzene rings is 1. The quantitative estimate of drug-likeness (QED) is 0.623. The van der Waals surface area contributed by atoms with E-state index in [-0.39, 0.29) is 18.3 Å². The summed E-state index contributed by atoms with van der Waals surface area (Å²) in [4.78, 5) is 17.5. The fourth-order valence-electron chi connectivity index (χ4n) is 3.54. The van der Waals surface area contributed by atoms with Crippen LogP contribution in [0.5, 0.6) is 0 Å². The summed E-state index contributed by atoms with van der Waals surface area (Å²) in [5, 5.41) is 0. The summed E-state index contributed by atoms with van der Waals surface area (Å²) >= 11 is 0. The van der Waals surface area contributed by atoms with Crippen molar-refractivity contribution < 1.29 is 22.4 Å². The molecule has 1 saturated heterocycles. The van der Waals surface area contributed by atoms with Crippen molar-refractivity contribution in [2.24, 2.45) is 5.92 Å². The summed E-state index contributed by atoms with van der Waals surface area (Å²) < 4.78 is 52.0. The van der Waals surface area contributed by atoms with Crippen LogP contribution in [0.15, 0.2) is 24.3 Å². The summed E-state index contributed by atoms with van der Waals surface area (Å²) in [6, 6.07) is 6.61. The van der Waals surface area contributed by atoms with E-state index in [0.717, 1.165) is 19.4 Å². The van der Waals surface area contributed by atoms with Gasteiger partial charge in [-0.1, -0.05) is 18.2 Å². The molecule has 8 heteroatoms. The first-order chi connectivity index (χ1) is 13.1. The van der Waals surface area contributed by atoms with Crippen molar-refractivity contribution in [2.45, 2.75) is 32.0 Å². The molecule has 28 heavy (non-hydrogen) atoms. The van der Waals surface area contributed by atoms with Gasteiger partial charge < -0.3 is 9.80 Å². The topological polar surface area (TPSA) is 26.8 Å². The molecule has 1 amide bonds. The van der Waals surface area contributed by atoms with E-state index >= 15 is 0 Å². The molecule has 0 aliphatic carbocycles. The fraction of sp³-hybridized carbons (Fsp3) is 0.650. The van der Waals surface area contributed by atoms with E-state index in [2.05, 4.69) is 4.90 Å². The van der Waals surface area contributed by atoms with E-state index in [0.29, 0.717) is 31.7 Å². The smallest absolute Gasteiger partial charge is 0.341 e. The molecule has 4 nitrogen and oxygen atoms in total. The molecule has 1 fully saturated rings. The van der Waals surface area contributed by atoms with Crippen molar-refractivity contribution in [2.75, 3.05) is 46.8 Å². The second kappa shape index (κ2) is 10.2. The molecule has 0 bridgehead atoms. The van der Waals surface area contributed by atoms with E-state index < -0.39 is 18.5 Å². The van der Waals surface area contributed by atoms with E-state index in [1.807, 2.05) is 19.0 Å². The number of piperidine rings is 1. The van der Waals surface area contributed by atoms with Crippen LogP contribution in [0.3, 0.4) is 0 Å². The van der Waals surface area contributed by atoms with Gasteiger partial charge in [0, 0.05) is 38.3 Å². The summed E-state index contributed by atoms with van der Waals surface area (Å²) in [7, 11) is 3.65. The van der Waals surface area contributed by atoms with E-state index in [1.165, 1.54) is 11.0 Å². The molecule has 1 heterocycles. The number of hydrogen-bond donors (Lipinski definition) is 0. The zero-order valence-corrected chi connectivity index (χ0v) is 16.5. The van der Waals surface area contributed by atoms with E-state index in [9.17, 15) is 22.4 Å². The minimum Gasteiger partial charge on any atom is -0.341 e. The molecule has 1 aliphatic rings. The molecule has 158 valence electrons. The molecule has 1 aliphatic heterocycles. The molecule has 2 rings (SSSR count). The Balaban J connectivity index is 1.97. The van der Waals surface area contributed by atoms with Crippen molar-refractivity contribution >= 4 is 5.91 Å². The van der Waals surface area contributed by atoms with Crippen LogP contribution in [-0.2, 0) is 11.3 Å². The highest BCUT2D eigenvalue weighted by atomic mass is 19.4. The van der Waals surface area contributed by atoms with Gasteiger partial charge in [-0.2, -0.15) is 13.2 Å². The summed E-state index contributed by atoms with van der Waals surface area (Å²) in [5.74, 6) is -1.04. The molecule has 0 radical (unpaired) electrons. The van der Waals surface area contributed by atoms with Gasteiger partial charge in [0.05, 0.1) is 0 Å². The minimum absolute atomic E-state index is 0.0832. The molecule has 1 aromatic rings. The number of halogens is 4. The number of nitrogens with zero attached hydrogens (tertiary/aromatic N) is 3. The predicted molar refractivity (Wildman–Crippen MR) is 100 cm³/mol. The van der Waals surface area contributed by atoms with Crippen LogP contribution in [0.25, 0.3) is 0 Å². The average molecular weight is 403 g/mol. The lowest BCUT2D eigenvalue weighted by Crippen LogP contribution is -2.45. The lowest BCUT2D eigenvalue weighted by atomic mass is 9.96. The van der Waals surface area contributed by atoms with Crippen molar-refractivity contribution in [3.63, 3.8) is 0 Å². The zero-order chi connectivity index (χ0) is 20.7. The minimum atomic E-state index is -4.50. The maximum absolute atomic E-state index is 13.9. The number of amides is 1. The highest BCUT2D eigenvalue weighted by molar-refractivity contribution is 5.76. The predicted octanol–water partition coefficient (Wildman–Crippen LogP) is 3.38. The largest absolute Gasteiger partial charge is 0.397 e.